The van der Waals surface area contributed by atoms with Crippen molar-refractivity contribution in [2.24, 2.45) is 0 Å². The standard InChI is InChI=1S/C28H34ClN5O4/c1-28(2,3)38-27(36)34-14-12-33(13-15-34)21-7-11-25(31-18-21)26(35)32-20-5-9-22(10-6-20)37-23-8-4-19(17-30)24(29)16-23/h4,7-8,11,16,18,20,22H,5-6,9-10,12-15H2,1-3H3,(H,32,35). The van der Waals surface area contributed by atoms with Gasteiger partial charge in [-0.15, -0.1) is 0 Å². The van der Waals surface area contributed by atoms with Crippen molar-refractivity contribution in [3.05, 3.63) is 52.8 Å². The summed E-state index contributed by atoms with van der Waals surface area (Å²) in [4.78, 5) is 33.3. The molecule has 1 aliphatic heterocycles. The maximum Gasteiger partial charge on any atom is 0.410 e. The molecule has 1 saturated carbocycles. The number of carbonyl (C=O) groups excluding carboxylic acids is 2. The van der Waals surface area contributed by atoms with Crippen molar-refractivity contribution in [3.63, 3.8) is 0 Å². The van der Waals surface area contributed by atoms with Crippen molar-refractivity contribution >= 4 is 29.3 Å². The zero-order valence-electron chi connectivity index (χ0n) is 22.1. The average molecular weight is 540 g/mol. The van der Waals surface area contributed by atoms with Crippen LogP contribution >= 0.6 is 11.6 Å². The van der Waals surface area contributed by atoms with Gasteiger partial charge in [0.15, 0.2) is 0 Å². The first kappa shape index (κ1) is 27.5. The minimum atomic E-state index is -0.511. The fraction of sp³-hybridized carbons (Fsp3) is 0.500. The molecule has 4 rings (SSSR count). The second kappa shape index (κ2) is 11.9. The number of anilines is 1. The predicted molar refractivity (Wildman–Crippen MR) is 145 cm³/mol. The van der Waals surface area contributed by atoms with Gasteiger partial charge in [-0.25, -0.2) is 9.78 Å². The van der Waals surface area contributed by atoms with Gasteiger partial charge in [0.25, 0.3) is 5.91 Å². The average Bonchev–Trinajstić information content (AvgIpc) is 2.89. The van der Waals surface area contributed by atoms with E-state index in [9.17, 15) is 9.59 Å². The molecule has 9 nitrogen and oxygen atoms in total. The van der Waals surface area contributed by atoms with Crippen molar-refractivity contribution in [2.75, 3.05) is 31.1 Å². The Balaban J connectivity index is 1.21. The SMILES string of the molecule is CC(C)(C)OC(=O)N1CCN(c2ccc(C(=O)NC3CCC(Oc4ccc(C#N)c(Cl)c4)CC3)nc2)CC1. The normalized spacial score (nSPS) is 19.9. The minimum Gasteiger partial charge on any atom is -0.490 e. The number of rotatable bonds is 5. The number of hydrogen-bond donors (Lipinski definition) is 1. The van der Waals surface area contributed by atoms with Crippen LogP contribution in [-0.4, -0.2) is 65.8 Å². The Morgan fingerprint density at radius 1 is 1.08 bits per heavy atom. The first-order valence-electron chi connectivity index (χ1n) is 13.0. The molecule has 38 heavy (non-hydrogen) atoms. The highest BCUT2D eigenvalue weighted by atomic mass is 35.5. The molecule has 10 heteroatoms. The van der Waals surface area contributed by atoms with Gasteiger partial charge in [0.1, 0.15) is 23.1 Å². The lowest BCUT2D eigenvalue weighted by molar-refractivity contribution is 0.0240. The number of nitriles is 1. The van der Waals surface area contributed by atoms with Crippen LogP contribution in [0.2, 0.25) is 5.02 Å². The number of ether oxygens (including phenoxy) is 2. The number of nitrogens with zero attached hydrogens (tertiary/aromatic N) is 4. The second-order valence-electron chi connectivity index (χ2n) is 10.7. The molecule has 2 heterocycles. The number of amides is 2. The van der Waals surface area contributed by atoms with Crippen molar-refractivity contribution in [1.29, 1.82) is 5.26 Å². The molecule has 1 aliphatic carbocycles. The Kier molecular flexibility index (Phi) is 8.62. The summed E-state index contributed by atoms with van der Waals surface area (Å²) in [6, 6.07) is 10.8. The highest BCUT2D eigenvalue weighted by Gasteiger charge is 2.27. The third-order valence-corrected chi connectivity index (χ3v) is 6.96. The van der Waals surface area contributed by atoms with Gasteiger partial charge in [-0.05, 0) is 70.7 Å². The maximum absolute atomic E-state index is 12.8. The van der Waals surface area contributed by atoms with Gasteiger partial charge >= 0.3 is 6.09 Å². The van der Waals surface area contributed by atoms with Gasteiger partial charge in [0.2, 0.25) is 0 Å². The van der Waals surface area contributed by atoms with E-state index in [1.807, 2.05) is 32.9 Å². The van der Waals surface area contributed by atoms with Crippen LogP contribution in [0.3, 0.4) is 0 Å². The Morgan fingerprint density at radius 3 is 2.37 bits per heavy atom. The third kappa shape index (κ3) is 7.29. The number of nitrogens with one attached hydrogen (secondary N) is 1. The smallest absolute Gasteiger partial charge is 0.410 e. The zero-order chi connectivity index (χ0) is 27.3. The summed E-state index contributed by atoms with van der Waals surface area (Å²) in [6.45, 7) is 8.07. The molecule has 1 aromatic carbocycles. The van der Waals surface area contributed by atoms with Crippen molar-refractivity contribution in [3.8, 4) is 11.8 Å². The summed E-state index contributed by atoms with van der Waals surface area (Å²) in [6.07, 6.45) is 4.70. The quantitative estimate of drug-likeness (QED) is 0.582. The molecule has 0 radical (unpaired) electrons. The zero-order valence-corrected chi connectivity index (χ0v) is 22.8. The number of hydrogen-bond acceptors (Lipinski definition) is 7. The fourth-order valence-corrected chi connectivity index (χ4v) is 4.83. The highest BCUT2D eigenvalue weighted by molar-refractivity contribution is 6.31. The van der Waals surface area contributed by atoms with E-state index >= 15 is 0 Å². The van der Waals surface area contributed by atoms with E-state index in [1.54, 1.807) is 35.4 Å². The van der Waals surface area contributed by atoms with Gasteiger partial charge < -0.3 is 24.6 Å². The summed E-state index contributed by atoms with van der Waals surface area (Å²) < 4.78 is 11.5. The van der Waals surface area contributed by atoms with Crippen LogP contribution in [0.4, 0.5) is 10.5 Å². The van der Waals surface area contributed by atoms with Gasteiger partial charge in [-0.2, -0.15) is 5.26 Å². The topological polar surface area (TPSA) is 108 Å². The summed E-state index contributed by atoms with van der Waals surface area (Å²) >= 11 is 6.10. The summed E-state index contributed by atoms with van der Waals surface area (Å²) in [5.41, 5.74) is 1.22. The van der Waals surface area contributed by atoms with Crippen LogP contribution in [-0.2, 0) is 4.74 Å². The number of aromatic nitrogens is 1. The molecule has 0 unspecified atom stereocenters. The van der Waals surface area contributed by atoms with Crippen molar-refractivity contribution in [2.45, 2.75) is 64.2 Å². The van der Waals surface area contributed by atoms with E-state index < -0.39 is 5.60 Å². The van der Waals surface area contributed by atoms with Gasteiger partial charge in [-0.1, -0.05) is 11.6 Å². The highest BCUT2D eigenvalue weighted by Crippen LogP contribution is 2.27. The first-order chi connectivity index (χ1) is 18.1. The fourth-order valence-electron chi connectivity index (χ4n) is 4.62. The van der Waals surface area contributed by atoms with Crippen LogP contribution in [0.25, 0.3) is 0 Å². The minimum absolute atomic E-state index is 0.0420. The van der Waals surface area contributed by atoms with Crippen LogP contribution in [0.1, 0.15) is 62.5 Å². The molecule has 0 bridgehead atoms. The van der Waals surface area contributed by atoms with Crippen LogP contribution in [0, 0.1) is 11.3 Å². The molecule has 1 saturated heterocycles. The molecule has 1 aromatic heterocycles. The Bertz CT molecular complexity index is 1180. The number of pyridine rings is 1. The molecule has 202 valence electrons. The van der Waals surface area contributed by atoms with Crippen molar-refractivity contribution < 1.29 is 19.1 Å². The number of carbonyl (C=O) groups is 2. The summed E-state index contributed by atoms with van der Waals surface area (Å²) in [5.74, 6) is 0.464. The molecule has 2 aliphatic rings. The Morgan fingerprint density at radius 2 is 1.79 bits per heavy atom. The van der Waals surface area contributed by atoms with Crippen LogP contribution < -0.4 is 15.0 Å². The predicted octanol–water partition coefficient (Wildman–Crippen LogP) is 4.78. The van der Waals surface area contributed by atoms with Crippen LogP contribution in [0.5, 0.6) is 5.75 Å². The van der Waals surface area contributed by atoms with E-state index in [2.05, 4.69) is 15.2 Å². The van der Waals surface area contributed by atoms with E-state index in [-0.39, 0.29) is 24.1 Å². The van der Waals surface area contributed by atoms with E-state index in [0.29, 0.717) is 48.2 Å². The monoisotopic (exact) mass is 539 g/mol. The second-order valence-corrected chi connectivity index (χ2v) is 11.1. The van der Waals surface area contributed by atoms with Gasteiger partial charge in [-0.3, -0.25) is 4.79 Å². The van der Waals surface area contributed by atoms with Crippen LogP contribution in [0.15, 0.2) is 36.5 Å². The molecule has 2 aromatic rings. The van der Waals surface area contributed by atoms with Crippen molar-refractivity contribution in [1.82, 2.24) is 15.2 Å². The third-order valence-electron chi connectivity index (χ3n) is 6.65. The summed E-state index contributed by atoms with van der Waals surface area (Å²) in [7, 11) is 0. The largest absolute Gasteiger partial charge is 0.490 e. The van der Waals surface area contributed by atoms with E-state index in [1.165, 1.54) is 0 Å². The molecular weight excluding hydrogens is 506 g/mol. The summed E-state index contributed by atoms with van der Waals surface area (Å²) in [5, 5.41) is 12.5. The molecule has 1 N–H and O–H groups in total. The molecule has 0 spiro atoms. The number of benzene rings is 1. The van der Waals surface area contributed by atoms with Gasteiger partial charge in [0.05, 0.1) is 28.6 Å². The van der Waals surface area contributed by atoms with E-state index in [4.69, 9.17) is 26.3 Å². The maximum atomic E-state index is 12.8. The molecule has 0 atom stereocenters. The lowest BCUT2D eigenvalue weighted by Crippen LogP contribution is -2.50. The van der Waals surface area contributed by atoms with E-state index in [0.717, 1.165) is 31.4 Å². The number of piperazine rings is 1. The Hall–Kier alpha value is -3.51. The first-order valence-corrected chi connectivity index (χ1v) is 13.3. The Labute approximate surface area is 228 Å². The molecular formula is C28H34ClN5O4. The molecule has 2 fully saturated rings. The lowest BCUT2D eigenvalue weighted by atomic mass is 9.92. The van der Waals surface area contributed by atoms with Gasteiger partial charge in [0, 0.05) is 38.3 Å². The molecule has 2 amide bonds. The lowest BCUT2D eigenvalue weighted by Gasteiger charge is -2.36. The number of halogens is 1.